The molecule has 1 aliphatic rings. The van der Waals surface area contributed by atoms with E-state index in [1.165, 1.54) is 0 Å². The minimum absolute atomic E-state index is 0.0928. The van der Waals surface area contributed by atoms with Crippen LogP contribution in [0.25, 0.3) is 0 Å². The Labute approximate surface area is 114 Å². The molecule has 1 heterocycles. The van der Waals surface area contributed by atoms with E-state index in [1.807, 2.05) is 24.3 Å². The quantitative estimate of drug-likeness (QED) is 0.799. The third-order valence-corrected chi connectivity index (χ3v) is 5.39. The minimum Gasteiger partial charge on any atom is -0.212 e. The monoisotopic (exact) mass is 287 g/mol. The second-order valence-corrected chi connectivity index (χ2v) is 6.90. The lowest BCUT2D eigenvalue weighted by Crippen LogP contribution is -2.36. The number of alkyl halides is 1. The molecule has 0 bridgehead atoms. The number of hydrogen-bond acceptors (Lipinski definition) is 2. The summed E-state index contributed by atoms with van der Waals surface area (Å²) in [6.45, 7) is 1.34. The van der Waals surface area contributed by atoms with E-state index in [4.69, 9.17) is 11.6 Å². The van der Waals surface area contributed by atoms with Gasteiger partial charge in [-0.25, -0.2) is 12.7 Å². The summed E-state index contributed by atoms with van der Waals surface area (Å²) in [6.07, 6.45) is 3.09. The largest absolute Gasteiger partial charge is 0.218 e. The molecule has 0 spiro atoms. The van der Waals surface area contributed by atoms with Crippen LogP contribution in [0.3, 0.4) is 0 Å². The molecule has 0 aliphatic carbocycles. The third-order valence-electron chi connectivity index (χ3n) is 3.23. The van der Waals surface area contributed by atoms with E-state index in [1.54, 1.807) is 4.31 Å². The van der Waals surface area contributed by atoms with E-state index in [0.717, 1.165) is 30.4 Å². The molecular formula is C13H18ClNO2S. The van der Waals surface area contributed by atoms with Crippen LogP contribution in [0, 0.1) is 0 Å². The highest BCUT2D eigenvalue weighted by atomic mass is 35.5. The first-order valence-corrected chi connectivity index (χ1v) is 8.38. The first-order valence-electron chi connectivity index (χ1n) is 6.23. The van der Waals surface area contributed by atoms with Crippen molar-refractivity contribution in [3.8, 4) is 0 Å². The van der Waals surface area contributed by atoms with Crippen LogP contribution in [-0.2, 0) is 21.7 Å². The van der Waals surface area contributed by atoms with Crippen molar-refractivity contribution in [2.24, 2.45) is 0 Å². The Morgan fingerprint density at radius 1 is 1.00 bits per heavy atom. The molecule has 0 amide bonds. The maximum absolute atomic E-state index is 12.2. The van der Waals surface area contributed by atoms with Gasteiger partial charge in [-0.05, 0) is 24.0 Å². The van der Waals surface area contributed by atoms with Gasteiger partial charge in [0.15, 0.2) is 0 Å². The summed E-state index contributed by atoms with van der Waals surface area (Å²) in [7, 11) is -3.16. The first kappa shape index (κ1) is 13.8. The van der Waals surface area contributed by atoms with Gasteiger partial charge in [-0.15, -0.1) is 11.6 Å². The SMILES string of the molecule is O=S(=O)(Cc1ccc(CCl)cc1)N1CCCCC1. The zero-order chi connectivity index (χ0) is 13.0. The summed E-state index contributed by atoms with van der Waals surface area (Å²) < 4.78 is 26.0. The maximum atomic E-state index is 12.2. The first-order chi connectivity index (χ1) is 8.62. The van der Waals surface area contributed by atoms with Crippen LogP contribution in [0.2, 0.25) is 0 Å². The van der Waals surface area contributed by atoms with Crippen molar-refractivity contribution >= 4 is 21.6 Å². The van der Waals surface area contributed by atoms with Gasteiger partial charge in [0.25, 0.3) is 0 Å². The molecule has 0 atom stereocenters. The summed E-state index contributed by atoms with van der Waals surface area (Å²) in [5.41, 5.74) is 1.84. The van der Waals surface area contributed by atoms with Gasteiger partial charge < -0.3 is 0 Å². The zero-order valence-electron chi connectivity index (χ0n) is 10.3. The van der Waals surface area contributed by atoms with E-state index in [0.29, 0.717) is 19.0 Å². The fraction of sp³-hybridized carbons (Fsp3) is 0.538. The van der Waals surface area contributed by atoms with Crippen molar-refractivity contribution in [3.05, 3.63) is 35.4 Å². The van der Waals surface area contributed by atoms with Gasteiger partial charge in [-0.2, -0.15) is 0 Å². The number of piperidine rings is 1. The molecule has 0 radical (unpaired) electrons. The van der Waals surface area contributed by atoms with E-state index in [2.05, 4.69) is 0 Å². The van der Waals surface area contributed by atoms with Crippen molar-refractivity contribution in [3.63, 3.8) is 0 Å². The van der Waals surface area contributed by atoms with Crippen LogP contribution in [0.15, 0.2) is 24.3 Å². The predicted molar refractivity (Wildman–Crippen MR) is 74.0 cm³/mol. The summed E-state index contributed by atoms with van der Waals surface area (Å²) in [5.74, 6) is 0.550. The predicted octanol–water partition coefficient (Wildman–Crippen LogP) is 2.74. The van der Waals surface area contributed by atoms with Gasteiger partial charge in [0.2, 0.25) is 10.0 Å². The average Bonchev–Trinajstić information content (AvgIpc) is 2.40. The molecule has 0 aromatic heterocycles. The van der Waals surface area contributed by atoms with Crippen LogP contribution in [0.4, 0.5) is 0 Å². The van der Waals surface area contributed by atoms with Crippen LogP contribution in [0.1, 0.15) is 30.4 Å². The molecule has 1 fully saturated rings. The molecule has 0 saturated carbocycles. The third kappa shape index (κ3) is 3.46. The second-order valence-electron chi connectivity index (χ2n) is 4.67. The Morgan fingerprint density at radius 3 is 2.11 bits per heavy atom. The van der Waals surface area contributed by atoms with Crippen LogP contribution in [-0.4, -0.2) is 25.8 Å². The van der Waals surface area contributed by atoms with Crippen LogP contribution >= 0.6 is 11.6 Å². The Morgan fingerprint density at radius 2 is 1.56 bits per heavy atom. The molecular weight excluding hydrogens is 270 g/mol. The molecule has 0 unspecified atom stereocenters. The average molecular weight is 288 g/mol. The molecule has 18 heavy (non-hydrogen) atoms. The van der Waals surface area contributed by atoms with Crippen molar-refractivity contribution in [1.29, 1.82) is 0 Å². The lowest BCUT2D eigenvalue weighted by molar-refractivity contribution is 0.346. The molecule has 1 aliphatic heterocycles. The van der Waals surface area contributed by atoms with Crippen molar-refractivity contribution in [1.82, 2.24) is 4.31 Å². The second kappa shape index (κ2) is 6.04. The van der Waals surface area contributed by atoms with Crippen molar-refractivity contribution in [2.45, 2.75) is 30.9 Å². The van der Waals surface area contributed by atoms with Gasteiger partial charge in [0.1, 0.15) is 0 Å². The van der Waals surface area contributed by atoms with E-state index < -0.39 is 10.0 Å². The lowest BCUT2D eigenvalue weighted by atomic mass is 10.2. The zero-order valence-corrected chi connectivity index (χ0v) is 11.9. The number of hydrogen-bond donors (Lipinski definition) is 0. The summed E-state index contributed by atoms with van der Waals surface area (Å²) in [6, 6.07) is 7.46. The molecule has 0 N–H and O–H groups in total. The molecule has 1 aromatic carbocycles. The van der Waals surface area contributed by atoms with E-state index in [9.17, 15) is 8.42 Å². The fourth-order valence-corrected chi connectivity index (χ4v) is 3.96. The number of sulfonamides is 1. The Bertz CT molecular complexity index is 478. The molecule has 100 valence electrons. The van der Waals surface area contributed by atoms with Gasteiger partial charge in [0, 0.05) is 19.0 Å². The van der Waals surface area contributed by atoms with E-state index >= 15 is 0 Å². The Balaban J connectivity index is 2.06. The molecule has 1 saturated heterocycles. The van der Waals surface area contributed by atoms with Crippen molar-refractivity contribution in [2.75, 3.05) is 13.1 Å². The smallest absolute Gasteiger partial charge is 0.212 e. The summed E-state index contributed by atoms with van der Waals surface area (Å²) in [4.78, 5) is 0. The molecule has 5 heteroatoms. The standard InChI is InChI=1S/C13H18ClNO2S/c14-10-12-4-6-13(7-5-12)11-18(16,17)15-8-2-1-3-9-15/h4-7H,1-3,8-11H2. The summed E-state index contributed by atoms with van der Waals surface area (Å²) in [5, 5.41) is 0. The number of rotatable bonds is 4. The molecule has 2 rings (SSSR count). The van der Waals surface area contributed by atoms with Crippen LogP contribution in [0.5, 0.6) is 0 Å². The lowest BCUT2D eigenvalue weighted by Gasteiger charge is -2.25. The van der Waals surface area contributed by atoms with Gasteiger partial charge in [-0.3, -0.25) is 0 Å². The number of nitrogens with zero attached hydrogens (tertiary/aromatic N) is 1. The topological polar surface area (TPSA) is 37.4 Å². The fourth-order valence-electron chi connectivity index (χ4n) is 2.17. The summed E-state index contributed by atoms with van der Waals surface area (Å²) >= 11 is 5.71. The maximum Gasteiger partial charge on any atom is 0.218 e. The normalized spacial score (nSPS) is 17.8. The van der Waals surface area contributed by atoms with Gasteiger partial charge in [-0.1, -0.05) is 30.7 Å². The number of halogens is 1. The van der Waals surface area contributed by atoms with E-state index in [-0.39, 0.29) is 5.75 Å². The molecule has 1 aromatic rings. The minimum atomic E-state index is -3.16. The Kier molecular flexibility index (Phi) is 4.65. The van der Waals surface area contributed by atoms with Gasteiger partial charge in [0.05, 0.1) is 5.75 Å². The highest BCUT2D eigenvalue weighted by molar-refractivity contribution is 7.88. The highest BCUT2D eigenvalue weighted by Gasteiger charge is 2.23. The molecule has 3 nitrogen and oxygen atoms in total. The highest BCUT2D eigenvalue weighted by Crippen LogP contribution is 2.17. The number of benzene rings is 1. The Hall–Kier alpha value is -0.580. The van der Waals surface area contributed by atoms with Crippen molar-refractivity contribution < 1.29 is 8.42 Å². The van der Waals surface area contributed by atoms with Gasteiger partial charge >= 0.3 is 0 Å². The van der Waals surface area contributed by atoms with Crippen LogP contribution < -0.4 is 0 Å².